The summed E-state index contributed by atoms with van der Waals surface area (Å²) in [5.41, 5.74) is 1.19. The Bertz CT molecular complexity index is 819. The molecular weight excluding hydrogens is 390 g/mol. The second-order valence-corrected chi connectivity index (χ2v) is 8.54. The molecule has 0 atom stereocenters. The molecule has 0 aliphatic heterocycles. The van der Waals surface area contributed by atoms with Crippen LogP contribution >= 0.6 is 34.9 Å². The molecule has 3 aromatic rings. The SMILES string of the molecule is COc1ccc(CSc2nnc(SCC(=O)NCc3ccco3)s2)cc1. The van der Waals surface area contributed by atoms with E-state index in [0.29, 0.717) is 12.3 Å². The van der Waals surface area contributed by atoms with Crippen molar-refractivity contribution in [3.8, 4) is 5.75 Å². The standard InChI is InChI=1S/C17H17N3O3S3/c1-22-13-6-4-12(5-7-13)10-24-16-19-20-17(26-16)25-11-15(21)18-9-14-3-2-8-23-14/h2-8H,9-11H2,1H3,(H,18,21). The minimum absolute atomic E-state index is 0.0611. The number of methoxy groups -OCH3 is 1. The number of hydrogen-bond acceptors (Lipinski definition) is 8. The van der Waals surface area contributed by atoms with E-state index in [0.717, 1.165) is 25.9 Å². The number of carbonyl (C=O) groups is 1. The lowest BCUT2D eigenvalue weighted by molar-refractivity contribution is -0.118. The minimum atomic E-state index is -0.0611. The van der Waals surface area contributed by atoms with E-state index in [4.69, 9.17) is 9.15 Å². The van der Waals surface area contributed by atoms with Crippen molar-refractivity contribution < 1.29 is 13.9 Å². The number of thioether (sulfide) groups is 2. The maximum Gasteiger partial charge on any atom is 0.230 e. The molecule has 0 radical (unpaired) electrons. The molecule has 0 aliphatic carbocycles. The maximum atomic E-state index is 11.8. The number of nitrogens with one attached hydrogen (secondary N) is 1. The summed E-state index contributed by atoms with van der Waals surface area (Å²) in [6, 6.07) is 11.6. The Morgan fingerprint density at radius 1 is 1.19 bits per heavy atom. The van der Waals surface area contributed by atoms with Crippen molar-refractivity contribution in [3.63, 3.8) is 0 Å². The van der Waals surface area contributed by atoms with Crippen molar-refractivity contribution in [1.82, 2.24) is 15.5 Å². The molecule has 2 heterocycles. The summed E-state index contributed by atoms with van der Waals surface area (Å²) in [6.45, 7) is 0.394. The smallest absolute Gasteiger partial charge is 0.230 e. The molecule has 0 bridgehead atoms. The highest BCUT2D eigenvalue weighted by molar-refractivity contribution is 8.03. The van der Waals surface area contributed by atoms with Gasteiger partial charge in [-0.05, 0) is 29.8 Å². The molecule has 6 nitrogen and oxygen atoms in total. The summed E-state index contributed by atoms with van der Waals surface area (Å²) < 4.78 is 12.0. The van der Waals surface area contributed by atoms with Crippen LogP contribution in [0.4, 0.5) is 0 Å². The quantitative estimate of drug-likeness (QED) is 0.540. The maximum absolute atomic E-state index is 11.8. The molecule has 3 rings (SSSR count). The third-order valence-electron chi connectivity index (χ3n) is 3.28. The highest BCUT2D eigenvalue weighted by atomic mass is 32.2. The molecule has 26 heavy (non-hydrogen) atoms. The predicted molar refractivity (Wildman–Crippen MR) is 104 cm³/mol. The van der Waals surface area contributed by atoms with Crippen molar-refractivity contribution in [2.75, 3.05) is 12.9 Å². The van der Waals surface area contributed by atoms with Crippen molar-refractivity contribution in [1.29, 1.82) is 0 Å². The fourth-order valence-electron chi connectivity index (χ4n) is 1.96. The lowest BCUT2D eigenvalue weighted by Crippen LogP contribution is -2.24. The molecule has 1 amide bonds. The molecule has 136 valence electrons. The molecule has 0 saturated heterocycles. The highest BCUT2D eigenvalue weighted by Gasteiger charge is 2.09. The van der Waals surface area contributed by atoms with Gasteiger partial charge >= 0.3 is 0 Å². The van der Waals surface area contributed by atoms with Gasteiger partial charge in [-0.2, -0.15) is 0 Å². The average molecular weight is 408 g/mol. The topological polar surface area (TPSA) is 77.2 Å². The van der Waals surface area contributed by atoms with E-state index < -0.39 is 0 Å². The third kappa shape index (κ3) is 5.79. The monoisotopic (exact) mass is 407 g/mol. The zero-order chi connectivity index (χ0) is 18.2. The second-order valence-electron chi connectivity index (χ2n) is 5.12. The van der Waals surface area contributed by atoms with Crippen LogP contribution in [-0.4, -0.2) is 29.0 Å². The number of ether oxygens (including phenoxy) is 1. The first-order valence-electron chi connectivity index (χ1n) is 7.74. The van der Waals surface area contributed by atoms with Crippen LogP contribution in [0.15, 0.2) is 55.8 Å². The van der Waals surface area contributed by atoms with Gasteiger partial charge in [-0.15, -0.1) is 10.2 Å². The lowest BCUT2D eigenvalue weighted by atomic mass is 10.2. The highest BCUT2D eigenvalue weighted by Crippen LogP contribution is 2.30. The number of furan rings is 1. The summed E-state index contributed by atoms with van der Waals surface area (Å²) in [4.78, 5) is 11.8. The van der Waals surface area contributed by atoms with E-state index in [1.807, 2.05) is 30.3 Å². The van der Waals surface area contributed by atoms with Gasteiger partial charge in [0, 0.05) is 5.75 Å². The number of amides is 1. The summed E-state index contributed by atoms with van der Waals surface area (Å²) in [5.74, 6) is 2.63. The Labute approximate surface area is 163 Å². The average Bonchev–Trinajstić information content (AvgIpc) is 3.35. The van der Waals surface area contributed by atoms with E-state index in [-0.39, 0.29) is 5.91 Å². The number of carbonyl (C=O) groups excluding carboxylic acids is 1. The van der Waals surface area contributed by atoms with Crippen molar-refractivity contribution in [2.24, 2.45) is 0 Å². The first kappa shape index (κ1) is 18.8. The summed E-state index contributed by atoms with van der Waals surface area (Å²) in [5, 5.41) is 11.1. The van der Waals surface area contributed by atoms with Gasteiger partial charge in [0.05, 0.1) is 25.7 Å². The van der Waals surface area contributed by atoms with Gasteiger partial charge in [0.25, 0.3) is 0 Å². The molecule has 1 N–H and O–H groups in total. The summed E-state index contributed by atoms with van der Waals surface area (Å²) >= 11 is 4.51. The lowest BCUT2D eigenvalue weighted by Gasteiger charge is -2.01. The Morgan fingerprint density at radius 3 is 2.65 bits per heavy atom. The van der Waals surface area contributed by atoms with Crippen molar-refractivity contribution in [3.05, 3.63) is 54.0 Å². The van der Waals surface area contributed by atoms with Gasteiger partial charge in [-0.3, -0.25) is 4.79 Å². The van der Waals surface area contributed by atoms with E-state index in [1.165, 1.54) is 28.7 Å². The van der Waals surface area contributed by atoms with Crippen molar-refractivity contribution >= 4 is 40.8 Å². The van der Waals surface area contributed by atoms with Crippen LogP contribution in [-0.2, 0) is 17.1 Å². The van der Waals surface area contributed by atoms with Gasteiger partial charge in [0.1, 0.15) is 11.5 Å². The van der Waals surface area contributed by atoms with E-state index in [9.17, 15) is 4.79 Å². The Hall–Kier alpha value is -1.97. The fraction of sp³-hybridized carbons (Fsp3) is 0.235. The predicted octanol–water partition coefficient (Wildman–Crippen LogP) is 3.84. The summed E-state index contributed by atoms with van der Waals surface area (Å²) in [6.07, 6.45) is 1.59. The zero-order valence-electron chi connectivity index (χ0n) is 14.0. The molecule has 2 aromatic heterocycles. The first-order chi connectivity index (χ1) is 12.7. The molecule has 0 saturated carbocycles. The second kappa shape index (κ2) is 9.65. The zero-order valence-corrected chi connectivity index (χ0v) is 16.5. The molecule has 1 aromatic carbocycles. The molecular formula is C17H17N3O3S3. The third-order valence-corrected chi connectivity index (χ3v) is 6.54. The largest absolute Gasteiger partial charge is 0.497 e. The number of rotatable bonds is 9. The van der Waals surface area contributed by atoms with Crippen molar-refractivity contribution in [2.45, 2.75) is 21.0 Å². The van der Waals surface area contributed by atoms with Gasteiger partial charge < -0.3 is 14.5 Å². The van der Waals surface area contributed by atoms with Crippen LogP contribution in [0, 0.1) is 0 Å². The van der Waals surface area contributed by atoms with Crippen LogP contribution in [0.2, 0.25) is 0 Å². The van der Waals surface area contributed by atoms with E-state index in [1.54, 1.807) is 31.2 Å². The normalized spacial score (nSPS) is 10.7. The van der Waals surface area contributed by atoms with Gasteiger partial charge in [0.15, 0.2) is 8.68 Å². The first-order valence-corrected chi connectivity index (χ1v) is 10.5. The van der Waals surface area contributed by atoms with Gasteiger partial charge in [0.2, 0.25) is 5.91 Å². The number of aromatic nitrogens is 2. The summed E-state index contributed by atoms with van der Waals surface area (Å²) in [7, 11) is 1.65. The van der Waals surface area contributed by atoms with Crippen LogP contribution in [0.25, 0.3) is 0 Å². The Morgan fingerprint density at radius 2 is 1.96 bits per heavy atom. The molecule has 0 fully saturated rings. The molecule has 0 spiro atoms. The minimum Gasteiger partial charge on any atom is -0.497 e. The van der Waals surface area contributed by atoms with E-state index >= 15 is 0 Å². The number of hydrogen-bond donors (Lipinski definition) is 1. The van der Waals surface area contributed by atoms with Crippen LogP contribution in [0.3, 0.4) is 0 Å². The Balaban J connectivity index is 1.40. The Kier molecular flexibility index (Phi) is 6.98. The molecule has 9 heteroatoms. The molecule has 0 aliphatic rings. The van der Waals surface area contributed by atoms with Gasteiger partial charge in [-0.1, -0.05) is 47.0 Å². The van der Waals surface area contributed by atoms with E-state index in [2.05, 4.69) is 15.5 Å². The fourth-order valence-corrected chi connectivity index (χ4v) is 4.76. The van der Waals surface area contributed by atoms with Crippen LogP contribution in [0.5, 0.6) is 5.75 Å². The molecule has 0 unspecified atom stereocenters. The van der Waals surface area contributed by atoms with Crippen LogP contribution < -0.4 is 10.1 Å². The number of nitrogens with zero attached hydrogens (tertiary/aromatic N) is 2. The van der Waals surface area contributed by atoms with Crippen LogP contribution in [0.1, 0.15) is 11.3 Å². The van der Waals surface area contributed by atoms with Gasteiger partial charge in [-0.25, -0.2) is 0 Å². The number of benzene rings is 1.